The molecule has 0 spiro atoms. The van der Waals surface area contributed by atoms with E-state index in [0.29, 0.717) is 6.42 Å². The number of carbonyl (C=O) groups is 1. The maximum Gasteiger partial charge on any atom is 0.325 e. The Morgan fingerprint density at radius 1 is 1.67 bits per heavy atom. The molecule has 0 N–H and O–H groups in total. The smallest absolute Gasteiger partial charge is 0.293 e. The third-order valence-corrected chi connectivity index (χ3v) is 2.27. The molecule has 0 saturated carbocycles. The highest BCUT2D eigenvalue weighted by Gasteiger charge is 2.08. The number of hydrogen-bond donors (Lipinski definition) is 0. The molecular formula is C9H13NO4S. The second kappa shape index (κ2) is 5.06. The lowest BCUT2D eigenvalue weighted by atomic mass is 10.1. The van der Waals surface area contributed by atoms with Crippen LogP contribution >= 0.6 is 0 Å². The number of nitrogens with zero attached hydrogens (tertiary/aromatic N) is 1. The van der Waals surface area contributed by atoms with Gasteiger partial charge in [-0.25, -0.2) is 0 Å². The van der Waals surface area contributed by atoms with Crippen molar-refractivity contribution in [2.45, 2.75) is 25.7 Å². The quantitative estimate of drug-likeness (QED) is 0.402. The standard InChI is InChI=1S/C9H13NO4S/c1-15(12,13)14-10-7-9(11)6-8-4-2-3-5-8/h4,7H,2-3,5-6H2,1H3. The molecule has 84 valence electrons. The normalized spacial score (nSPS) is 16.7. The van der Waals surface area contributed by atoms with Crippen molar-refractivity contribution < 1.29 is 17.5 Å². The van der Waals surface area contributed by atoms with E-state index in [2.05, 4.69) is 9.44 Å². The van der Waals surface area contributed by atoms with Gasteiger partial charge in [0.2, 0.25) is 0 Å². The minimum atomic E-state index is -3.61. The van der Waals surface area contributed by atoms with E-state index in [1.54, 1.807) is 0 Å². The topological polar surface area (TPSA) is 72.8 Å². The van der Waals surface area contributed by atoms with Gasteiger partial charge in [-0.15, -0.1) is 0 Å². The highest BCUT2D eigenvalue weighted by atomic mass is 32.2. The molecule has 5 nitrogen and oxygen atoms in total. The summed E-state index contributed by atoms with van der Waals surface area (Å²) >= 11 is 0. The lowest BCUT2D eigenvalue weighted by Gasteiger charge is -1.96. The maximum absolute atomic E-state index is 11.2. The molecule has 1 rings (SSSR count). The third kappa shape index (κ3) is 5.31. The van der Waals surface area contributed by atoms with Crippen molar-refractivity contribution in [3.63, 3.8) is 0 Å². The highest BCUT2D eigenvalue weighted by molar-refractivity contribution is 7.85. The van der Waals surface area contributed by atoms with Crippen LogP contribution in [0.2, 0.25) is 0 Å². The van der Waals surface area contributed by atoms with Gasteiger partial charge in [-0.1, -0.05) is 16.8 Å². The third-order valence-electron chi connectivity index (χ3n) is 1.91. The van der Waals surface area contributed by atoms with Crippen LogP contribution in [0, 0.1) is 0 Å². The summed E-state index contributed by atoms with van der Waals surface area (Å²) in [5.74, 6) is -0.244. The summed E-state index contributed by atoms with van der Waals surface area (Å²) in [5, 5.41) is 3.09. The summed E-state index contributed by atoms with van der Waals surface area (Å²) in [6.45, 7) is 0. The van der Waals surface area contributed by atoms with E-state index in [1.165, 1.54) is 0 Å². The minimum absolute atomic E-state index is 0.244. The molecule has 0 unspecified atom stereocenters. The van der Waals surface area contributed by atoms with Crippen molar-refractivity contribution in [3.8, 4) is 0 Å². The largest absolute Gasteiger partial charge is 0.325 e. The van der Waals surface area contributed by atoms with E-state index < -0.39 is 10.1 Å². The molecule has 0 amide bonds. The van der Waals surface area contributed by atoms with Gasteiger partial charge in [-0.2, -0.15) is 8.42 Å². The summed E-state index contributed by atoms with van der Waals surface area (Å²) in [4.78, 5) is 11.2. The zero-order valence-corrected chi connectivity index (χ0v) is 9.29. The lowest BCUT2D eigenvalue weighted by molar-refractivity contribution is -0.112. The van der Waals surface area contributed by atoms with Gasteiger partial charge < -0.3 is 0 Å². The van der Waals surface area contributed by atoms with Gasteiger partial charge in [0.1, 0.15) is 6.21 Å². The first-order chi connectivity index (χ1) is 6.97. The Kier molecular flexibility index (Phi) is 4.02. The lowest BCUT2D eigenvalue weighted by Crippen LogP contribution is -2.03. The van der Waals surface area contributed by atoms with E-state index in [1.807, 2.05) is 6.08 Å². The molecule has 1 aliphatic carbocycles. The Hall–Kier alpha value is -1.17. The molecule has 0 aromatic carbocycles. The molecule has 0 aliphatic heterocycles. The van der Waals surface area contributed by atoms with Gasteiger partial charge in [0.05, 0.1) is 6.26 Å². The first-order valence-corrected chi connectivity index (χ1v) is 6.42. The van der Waals surface area contributed by atoms with Gasteiger partial charge in [0.25, 0.3) is 0 Å². The maximum atomic E-state index is 11.2. The predicted octanol–water partition coefficient (Wildman–Crippen LogP) is 1.02. The van der Waals surface area contributed by atoms with Crippen LogP contribution in [0.4, 0.5) is 0 Å². The van der Waals surface area contributed by atoms with E-state index in [4.69, 9.17) is 0 Å². The number of allylic oxidation sites excluding steroid dienone is 2. The molecule has 0 atom stereocenters. The molecule has 0 fully saturated rings. The Labute approximate surface area is 88.9 Å². The highest BCUT2D eigenvalue weighted by Crippen LogP contribution is 2.20. The fourth-order valence-corrected chi connectivity index (χ4v) is 1.53. The number of rotatable bonds is 5. The Morgan fingerprint density at radius 2 is 2.40 bits per heavy atom. The second-order valence-electron chi connectivity index (χ2n) is 3.41. The van der Waals surface area contributed by atoms with Crippen molar-refractivity contribution in [3.05, 3.63) is 11.6 Å². The summed E-state index contributed by atoms with van der Waals surface area (Å²) in [6, 6.07) is 0. The average Bonchev–Trinajstić information content (AvgIpc) is 2.54. The van der Waals surface area contributed by atoms with Gasteiger partial charge in [0, 0.05) is 6.42 Å². The first kappa shape index (κ1) is 11.9. The van der Waals surface area contributed by atoms with Crippen molar-refractivity contribution in [2.24, 2.45) is 5.16 Å². The number of oxime groups is 1. The number of Topliss-reactive ketones (excluding diaryl/α,β-unsaturated/α-hetero) is 1. The summed E-state index contributed by atoms with van der Waals surface area (Å²) < 4.78 is 25.1. The minimum Gasteiger partial charge on any atom is -0.293 e. The van der Waals surface area contributed by atoms with Gasteiger partial charge in [-0.05, 0) is 19.3 Å². The van der Waals surface area contributed by atoms with Crippen LogP contribution in [-0.2, 0) is 19.2 Å². The molecule has 0 radical (unpaired) electrons. The Balaban J connectivity index is 2.35. The SMILES string of the molecule is CS(=O)(=O)ON=CC(=O)CC1=CCCC1. The second-order valence-corrected chi connectivity index (χ2v) is 4.97. The van der Waals surface area contributed by atoms with Crippen molar-refractivity contribution in [2.75, 3.05) is 6.26 Å². The van der Waals surface area contributed by atoms with Crippen LogP contribution in [0.3, 0.4) is 0 Å². The first-order valence-electron chi connectivity index (χ1n) is 4.60. The molecule has 0 saturated heterocycles. The average molecular weight is 231 g/mol. The van der Waals surface area contributed by atoms with Gasteiger partial charge in [-0.3, -0.25) is 9.08 Å². The molecular weight excluding hydrogens is 218 g/mol. The van der Waals surface area contributed by atoms with Crippen LogP contribution in [0.25, 0.3) is 0 Å². The van der Waals surface area contributed by atoms with E-state index in [-0.39, 0.29) is 5.78 Å². The fourth-order valence-electron chi connectivity index (χ4n) is 1.33. The fraction of sp³-hybridized carbons (Fsp3) is 0.556. The van der Waals surface area contributed by atoms with Crippen molar-refractivity contribution in [1.29, 1.82) is 0 Å². The molecule has 0 aromatic rings. The molecule has 0 aromatic heterocycles. The van der Waals surface area contributed by atoms with Crippen molar-refractivity contribution in [1.82, 2.24) is 0 Å². The summed E-state index contributed by atoms with van der Waals surface area (Å²) in [7, 11) is -3.61. The predicted molar refractivity (Wildman–Crippen MR) is 56.0 cm³/mol. The van der Waals surface area contributed by atoms with Crippen LogP contribution in [-0.4, -0.2) is 26.7 Å². The number of carbonyl (C=O) groups excluding carboxylic acids is 1. The van der Waals surface area contributed by atoms with Gasteiger partial charge in [0.15, 0.2) is 5.78 Å². The molecule has 6 heteroatoms. The zero-order chi connectivity index (χ0) is 11.3. The number of hydrogen-bond acceptors (Lipinski definition) is 5. The van der Waals surface area contributed by atoms with Crippen LogP contribution < -0.4 is 0 Å². The van der Waals surface area contributed by atoms with Crippen LogP contribution in [0.5, 0.6) is 0 Å². The number of ketones is 1. The molecule has 0 heterocycles. The van der Waals surface area contributed by atoms with E-state index in [0.717, 1.165) is 37.3 Å². The Bertz CT molecular complexity index is 394. The zero-order valence-electron chi connectivity index (χ0n) is 8.47. The van der Waals surface area contributed by atoms with Crippen LogP contribution in [0.1, 0.15) is 25.7 Å². The molecule has 0 bridgehead atoms. The van der Waals surface area contributed by atoms with E-state index in [9.17, 15) is 13.2 Å². The van der Waals surface area contributed by atoms with Crippen LogP contribution in [0.15, 0.2) is 16.8 Å². The Morgan fingerprint density at radius 3 is 2.93 bits per heavy atom. The molecule has 1 aliphatic rings. The molecule has 15 heavy (non-hydrogen) atoms. The van der Waals surface area contributed by atoms with Crippen molar-refractivity contribution >= 4 is 22.1 Å². The summed E-state index contributed by atoms with van der Waals surface area (Å²) in [6.07, 6.45) is 7.14. The van der Waals surface area contributed by atoms with E-state index >= 15 is 0 Å². The summed E-state index contributed by atoms with van der Waals surface area (Å²) in [5.41, 5.74) is 1.09. The monoisotopic (exact) mass is 231 g/mol. The van der Waals surface area contributed by atoms with Gasteiger partial charge >= 0.3 is 10.1 Å².